The summed E-state index contributed by atoms with van der Waals surface area (Å²) in [6.45, 7) is 4.89. The molecule has 0 aliphatic heterocycles. The maximum atomic E-state index is 6.15. The third kappa shape index (κ3) is 4.61. The lowest BCUT2D eigenvalue weighted by Gasteiger charge is -2.11. The highest BCUT2D eigenvalue weighted by atomic mass is 127. The third-order valence-corrected chi connectivity index (χ3v) is 3.64. The molecule has 0 amide bonds. The summed E-state index contributed by atoms with van der Waals surface area (Å²) in [6, 6.07) is 10.1. The predicted molar refractivity (Wildman–Crippen MR) is 90.5 cm³/mol. The zero-order chi connectivity index (χ0) is 14.5. The Hall–Kier alpha value is -0.850. The molecular formula is C15H16ClIN2O. The Labute approximate surface area is 137 Å². The van der Waals surface area contributed by atoms with Crippen LogP contribution in [-0.4, -0.2) is 11.0 Å². The molecular weight excluding hydrogens is 387 g/mol. The molecule has 0 saturated carbocycles. The standard InChI is InChI=1S/C15H16ClIN2O/c1-10(2)18-8-11-6-15(19-9-14(11)16)20-13-5-3-4-12(17)7-13/h3-7,9-10,18H,8H2,1-2H3. The van der Waals surface area contributed by atoms with E-state index in [4.69, 9.17) is 16.3 Å². The molecule has 0 spiro atoms. The Balaban J connectivity index is 2.14. The van der Waals surface area contributed by atoms with Crippen LogP contribution in [0.4, 0.5) is 0 Å². The number of pyridine rings is 1. The number of rotatable bonds is 5. The smallest absolute Gasteiger partial charge is 0.219 e. The number of nitrogens with zero attached hydrogens (tertiary/aromatic N) is 1. The van der Waals surface area contributed by atoms with Crippen molar-refractivity contribution in [2.45, 2.75) is 26.4 Å². The molecule has 0 aliphatic carbocycles. The van der Waals surface area contributed by atoms with E-state index in [-0.39, 0.29) is 0 Å². The highest BCUT2D eigenvalue weighted by Gasteiger charge is 2.06. The fourth-order valence-electron chi connectivity index (χ4n) is 1.62. The number of hydrogen-bond donors (Lipinski definition) is 1. The van der Waals surface area contributed by atoms with Gasteiger partial charge in [-0.2, -0.15) is 0 Å². The van der Waals surface area contributed by atoms with Gasteiger partial charge in [-0.15, -0.1) is 0 Å². The van der Waals surface area contributed by atoms with Gasteiger partial charge in [-0.3, -0.25) is 0 Å². The fourth-order valence-corrected chi connectivity index (χ4v) is 2.30. The van der Waals surface area contributed by atoms with Gasteiger partial charge < -0.3 is 10.1 Å². The van der Waals surface area contributed by atoms with Crippen LogP contribution < -0.4 is 10.1 Å². The van der Waals surface area contributed by atoms with Gasteiger partial charge in [0.05, 0.1) is 5.02 Å². The minimum Gasteiger partial charge on any atom is -0.439 e. The van der Waals surface area contributed by atoms with Crippen molar-refractivity contribution in [3.8, 4) is 11.6 Å². The average Bonchev–Trinajstić information content (AvgIpc) is 2.39. The number of aromatic nitrogens is 1. The number of hydrogen-bond acceptors (Lipinski definition) is 3. The van der Waals surface area contributed by atoms with Crippen molar-refractivity contribution in [1.82, 2.24) is 10.3 Å². The van der Waals surface area contributed by atoms with Crippen LogP contribution in [0.5, 0.6) is 11.6 Å². The van der Waals surface area contributed by atoms with Gasteiger partial charge in [0.2, 0.25) is 5.88 Å². The lowest BCUT2D eigenvalue weighted by atomic mass is 10.2. The largest absolute Gasteiger partial charge is 0.439 e. The molecule has 1 heterocycles. The van der Waals surface area contributed by atoms with E-state index in [1.54, 1.807) is 6.20 Å². The highest BCUT2D eigenvalue weighted by Crippen LogP contribution is 2.25. The first-order valence-corrected chi connectivity index (χ1v) is 7.81. The zero-order valence-corrected chi connectivity index (χ0v) is 14.3. The van der Waals surface area contributed by atoms with Crippen molar-refractivity contribution in [3.63, 3.8) is 0 Å². The molecule has 1 N–H and O–H groups in total. The van der Waals surface area contributed by atoms with Gasteiger partial charge in [0.15, 0.2) is 0 Å². The number of halogens is 2. The molecule has 2 rings (SSSR count). The predicted octanol–water partition coefficient (Wildman–Crippen LogP) is 4.63. The second kappa shape index (κ2) is 7.24. The van der Waals surface area contributed by atoms with Gasteiger partial charge >= 0.3 is 0 Å². The van der Waals surface area contributed by atoms with E-state index >= 15 is 0 Å². The molecule has 106 valence electrons. The lowest BCUT2D eigenvalue weighted by Crippen LogP contribution is -2.22. The van der Waals surface area contributed by atoms with Crippen molar-refractivity contribution in [2.24, 2.45) is 0 Å². The van der Waals surface area contributed by atoms with Gasteiger partial charge in [-0.25, -0.2) is 4.98 Å². The summed E-state index contributed by atoms with van der Waals surface area (Å²) in [5, 5.41) is 3.98. The Bertz CT molecular complexity index is 590. The number of benzene rings is 1. The summed E-state index contributed by atoms with van der Waals surface area (Å²) < 4.78 is 6.88. The van der Waals surface area contributed by atoms with Crippen molar-refractivity contribution in [1.29, 1.82) is 0 Å². The Morgan fingerprint density at radius 1 is 1.35 bits per heavy atom. The third-order valence-electron chi connectivity index (χ3n) is 2.63. The van der Waals surface area contributed by atoms with E-state index in [1.165, 1.54) is 0 Å². The van der Waals surface area contributed by atoms with Crippen LogP contribution in [0, 0.1) is 3.57 Å². The Morgan fingerprint density at radius 2 is 2.15 bits per heavy atom. The molecule has 1 aromatic heterocycles. The normalized spacial score (nSPS) is 10.8. The molecule has 0 bridgehead atoms. The van der Waals surface area contributed by atoms with E-state index in [0.717, 1.165) is 14.9 Å². The molecule has 1 aromatic carbocycles. The minimum atomic E-state index is 0.402. The molecule has 0 unspecified atom stereocenters. The van der Waals surface area contributed by atoms with Gasteiger partial charge in [0.1, 0.15) is 5.75 Å². The summed E-state index contributed by atoms with van der Waals surface area (Å²) in [7, 11) is 0. The molecule has 5 heteroatoms. The summed E-state index contributed by atoms with van der Waals surface area (Å²) in [5.74, 6) is 1.33. The lowest BCUT2D eigenvalue weighted by molar-refractivity contribution is 0.461. The highest BCUT2D eigenvalue weighted by molar-refractivity contribution is 14.1. The van der Waals surface area contributed by atoms with Crippen LogP contribution >= 0.6 is 34.2 Å². The zero-order valence-electron chi connectivity index (χ0n) is 11.4. The molecule has 0 fully saturated rings. The van der Waals surface area contributed by atoms with Gasteiger partial charge in [-0.05, 0) is 46.4 Å². The van der Waals surface area contributed by atoms with Crippen LogP contribution in [0.2, 0.25) is 5.02 Å². The van der Waals surface area contributed by atoms with E-state index in [0.29, 0.717) is 23.5 Å². The topological polar surface area (TPSA) is 34.1 Å². The first-order valence-electron chi connectivity index (χ1n) is 6.36. The fraction of sp³-hybridized carbons (Fsp3) is 0.267. The molecule has 0 atom stereocenters. The number of ether oxygens (including phenoxy) is 1. The van der Waals surface area contributed by atoms with Crippen LogP contribution in [0.15, 0.2) is 36.5 Å². The molecule has 0 aliphatic rings. The monoisotopic (exact) mass is 402 g/mol. The minimum absolute atomic E-state index is 0.402. The quantitative estimate of drug-likeness (QED) is 0.741. The van der Waals surface area contributed by atoms with Gasteiger partial charge in [0.25, 0.3) is 0 Å². The van der Waals surface area contributed by atoms with E-state index in [9.17, 15) is 0 Å². The molecule has 0 saturated heterocycles. The van der Waals surface area contributed by atoms with Crippen LogP contribution in [0.25, 0.3) is 0 Å². The van der Waals surface area contributed by atoms with Crippen molar-refractivity contribution >= 4 is 34.2 Å². The van der Waals surface area contributed by atoms with Crippen LogP contribution in [-0.2, 0) is 6.54 Å². The molecule has 2 aromatic rings. The summed E-state index contributed by atoms with van der Waals surface area (Å²) >= 11 is 8.40. The summed E-state index contributed by atoms with van der Waals surface area (Å²) in [4.78, 5) is 4.21. The maximum absolute atomic E-state index is 6.15. The molecule has 0 radical (unpaired) electrons. The first-order chi connectivity index (χ1) is 9.54. The van der Waals surface area contributed by atoms with Crippen molar-refractivity contribution in [2.75, 3.05) is 0 Å². The van der Waals surface area contributed by atoms with Gasteiger partial charge in [-0.1, -0.05) is 31.5 Å². The second-order valence-electron chi connectivity index (χ2n) is 4.71. The van der Waals surface area contributed by atoms with E-state index in [2.05, 4.69) is 46.7 Å². The van der Waals surface area contributed by atoms with Gasteiger partial charge in [0, 0.05) is 28.4 Å². The molecule has 3 nitrogen and oxygen atoms in total. The van der Waals surface area contributed by atoms with Crippen molar-refractivity contribution in [3.05, 3.63) is 50.7 Å². The Kier molecular flexibility index (Phi) is 5.63. The average molecular weight is 403 g/mol. The van der Waals surface area contributed by atoms with E-state index in [1.807, 2.05) is 30.3 Å². The summed E-state index contributed by atoms with van der Waals surface area (Å²) in [5.41, 5.74) is 0.982. The van der Waals surface area contributed by atoms with Crippen molar-refractivity contribution < 1.29 is 4.74 Å². The van der Waals surface area contributed by atoms with Crippen LogP contribution in [0.1, 0.15) is 19.4 Å². The van der Waals surface area contributed by atoms with E-state index < -0.39 is 0 Å². The summed E-state index contributed by atoms with van der Waals surface area (Å²) in [6.07, 6.45) is 1.63. The molecule has 20 heavy (non-hydrogen) atoms. The Morgan fingerprint density at radius 3 is 2.85 bits per heavy atom. The maximum Gasteiger partial charge on any atom is 0.219 e. The second-order valence-corrected chi connectivity index (χ2v) is 6.36. The first kappa shape index (κ1) is 15.5. The van der Waals surface area contributed by atoms with Crippen LogP contribution in [0.3, 0.4) is 0 Å². The SMILES string of the molecule is CC(C)NCc1cc(Oc2cccc(I)c2)ncc1Cl. The number of nitrogens with one attached hydrogen (secondary N) is 1.